The molecule has 18 aliphatic rings. The van der Waals surface area contributed by atoms with E-state index in [9.17, 15) is 0 Å². The largest absolute Gasteiger partial charge is 0.0625 e. The maximum Gasteiger partial charge on any atom is -0.0235 e. The van der Waals surface area contributed by atoms with E-state index >= 15 is 0 Å². The lowest BCUT2D eigenvalue weighted by atomic mass is 9.38. The summed E-state index contributed by atoms with van der Waals surface area (Å²) in [6.07, 6.45) is 50.8. The van der Waals surface area contributed by atoms with E-state index in [0.29, 0.717) is 70.4 Å². The number of hydrogen-bond acceptors (Lipinski definition) is 0. The molecule has 18 aliphatic carbocycles. The minimum atomic E-state index is 0.585. The normalized spacial score (nSPS) is 54.0. The van der Waals surface area contributed by atoms with Gasteiger partial charge in [-0.05, 0) is 429 Å². The summed E-state index contributed by atoms with van der Waals surface area (Å²) in [5.74, 6) is 18.7. The van der Waals surface area contributed by atoms with Crippen LogP contribution in [0.3, 0.4) is 0 Å². The predicted octanol–water partition coefficient (Wildman–Crippen LogP) is 34.2. The highest BCUT2D eigenvalue weighted by molar-refractivity contribution is 5.18. The van der Waals surface area contributed by atoms with Crippen molar-refractivity contribution in [3.05, 3.63) is 0 Å². The molecule has 0 radical (unpaired) electrons. The molecule has 10 atom stereocenters. The zero-order valence-electron chi connectivity index (χ0n) is 80.1. The van der Waals surface area contributed by atoms with Gasteiger partial charge in [-0.25, -0.2) is 0 Å². The summed E-state index contributed by atoms with van der Waals surface area (Å²) in [4.78, 5) is 0. The van der Waals surface area contributed by atoms with E-state index in [-0.39, 0.29) is 0 Å². The van der Waals surface area contributed by atoms with Crippen LogP contribution < -0.4 is 0 Å². The Kier molecular flexibility index (Phi) is 25.4. The van der Waals surface area contributed by atoms with Crippen LogP contribution in [0, 0.1) is 210 Å². The van der Waals surface area contributed by atoms with Crippen LogP contribution in [0.4, 0.5) is 0 Å². The maximum absolute atomic E-state index is 2.58. The minimum Gasteiger partial charge on any atom is -0.0625 e. The Labute approximate surface area is 673 Å². The molecule has 18 rings (SSSR count). The van der Waals surface area contributed by atoms with Crippen LogP contribution in [0.2, 0.25) is 0 Å². The van der Waals surface area contributed by atoms with Crippen molar-refractivity contribution < 1.29 is 0 Å². The first-order valence-corrected chi connectivity index (χ1v) is 48.6. The van der Waals surface area contributed by atoms with Gasteiger partial charge in [-0.3, -0.25) is 0 Å². The monoisotopic (exact) mass is 1480 g/mol. The topological polar surface area (TPSA) is 0 Å². The third-order valence-electron chi connectivity index (χ3n) is 38.3. The van der Waals surface area contributed by atoms with Gasteiger partial charge in [-0.15, -0.1) is 0 Å². The van der Waals surface area contributed by atoms with Crippen LogP contribution in [0.25, 0.3) is 0 Å². The minimum absolute atomic E-state index is 0.585. The second kappa shape index (κ2) is 30.4. The fourth-order valence-electron chi connectivity index (χ4n) is 40.9. The molecule has 18 saturated carbocycles. The van der Waals surface area contributed by atoms with Gasteiger partial charge in [-0.2, -0.15) is 0 Å². The summed E-state index contributed by atoms with van der Waals surface area (Å²) in [6.45, 7) is 90.0. The van der Waals surface area contributed by atoms with Gasteiger partial charge in [0.25, 0.3) is 0 Å². The van der Waals surface area contributed by atoms with E-state index in [4.69, 9.17) is 0 Å². The molecule has 624 valence electrons. The molecule has 0 spiro atoms. The molecule has 0 heterocycles. The van der Waals surface area contributed by atoms with Crippen molar-refractivity contribution in [2.45, 2.75) is 468 Å². The van der Waals surface area contributed by atoms with Gasteiger partial charge in [-0.1, -0.05) is 249 Å². The van der Waals surface area contributed by atoms with Crippen LogP contribution in [0.1, 0.15) is 468 Å². The molecular formula is C107H196. The van der Waals surface area contributed by atoms with E-state index in [1.807, 2.05) is 0 Å². The van der Waals surface area contributed by atoms with Crippen molar-refractivity contribution >= 4 is 0 Å². The molecule has 0 nitrogen and oxygen atoms in total. The lowest BCUT2D eigenvalue weighted by molar-refractivity contribution is -0.162. The fourth-order valence-corrected chi connectivity index (χ4v) is 40.9. The van der Waals surface area contributed by atoms with Crippen LogP contribution in [0.5, 0.6) is 0 Å². The van der Waals surface area contributed by atoms with Crippen LogP contribution in [-0.4, -0.2) is 0 Å². The van der Waals surface area contributed by atoms with Crippen LogP contribution in [0.15, 0.2) is 0 Å². The molecule has 0 aliphatic heterocycles. The first-order valence-electron chi connectivity index (χ1n) is 48.6. The molecule has 0 aromatic rings. The van der Waals surface area contributed by atoms with Gasteiger partial charge in [0.15, 0.2) is 0 Å². The van der Waals surface area contributed by atoms with E-state index in [1.165, 1.54) is 199 Å². The third-order valence-corrected chi connectivity index (χ3v) is 38.3. The van der Waals surface area contributed by atoms with Crippen LogP contribution >= 0.6 is 0 Å². The Bertz CT molecular complexity index is 2690. The van der Waals surface area contributed by atoms with Gasteiger partial charge in [0.05, 0.1) is 0 Å². The van der Waals surface area contributed by atoms with Gasteiger partial charge in [0.1, 0.15) is 0 Å². The lowest BCUT2D eigenvalue weighted by Crippen LogP contribution is -2.56. The second-order valence-corrected chi connectivity index (χ2v) is 55.6. The molecule has 0 heteroatoms. The highest BCUT2D eigenvalue weighted by Gasteiger charge is 2.68. The van der Waals surface area contributed by atoms with Crippen molar-refractivity contribution in [3.63, 3.8) is 0 Å². The van der Waals surface area contributed by atoms with Gasteiger partial charge < -0.3 is 0 Å². The predicted molar refractivity (Wildman–Crippen MR) is 472 cm³/mol. The Morgan fingerprint density at radius 2 is 0.467 bits per heavy atom. The Balaban J connectivity index is 0.000000133. The second-order valence-electron chi connectivity index (χ2n) is 55.6. The Morgan fingerprint density at radius 1 is 0.206 bits per heavy atom. The molecule has 0 amide bonds. The summed E-state index contributed by atoms with van der Waals surface area (Å²) < 4.78 is 0. The molecule has 18 fully saturated rings. The van der Waals surface area contributed by atoms with Crippen molar-refractivity contribution in [2.75, 3.05) is 0 Å². The smallest absolute Gasteiger partial charge is 0.0235 e. The van der Waals surface area contributed by atoms with Gasteiger partial charge in [0, 0.05) is 0 Å². The number of rotatable bonds is 7. The van der Waals surface area contributed by atoms with Crippen molar-refractivity contribution in [1.29, 1.82) is 0 Å². The van der Waals surface area contributed by atoms with Crippen LogP contribution in [-0.2, 0) is 0 Å². The average molecular weight is 1480 g/mol. The number of fused-ring (bicyclic) bond motifs is 10. The van der Waals surface area contributed by atoms with E-state index in [2.05, 4.69) is 249 Å². The quantitative estimate of drug-likeness (QED) is 0.238. The highest BCUT2D eigenvalue weighted by Crippen LogP contribution is 2.77. The lowest BCUT2D eigenvalue weighted by Gasteiger charge is -2.67. The first-order chi connectivity index (χ1) is 48.6. The van der Waals surface area contributed by atoms with E-state index < -0.39 is 0 Å². The molecule has 0 aromatic carbocycles. The zero-order chi connectivity index (χ0) is 80.1. The molecule has 107 heavy (non-hydrogen) atoms. The van der Waals surface area contributed by atoms with Crippen molar-refractivity contribution in [2.24, 2.45) is 210 Å². The molecule has 0 saturated heterocycles. The van der Waals surface area contributed by atoms with Crippen molar-refractivity contribution in [3.8, 4) is 0 Å². The summed E-state index contributed by atoms with van der Waals surface area (Å²) >= 11 is 0. The van der Waals surface area contributed by atoms with Gasteiger partial charge in [0.2, 0.25) is 0 Å². The molecule has 0 N–H and O–H groups in total. The molecular weight excluding hydrogens is 1290 g/mol. The summed E-state index contributed by atoms with van der Waals surface area (Å²) in [5.41, 5.74) is 11.4. The first kappa shape index (κ1) is 89.3. The van der Waals surface area contributed by atoms with E-state index in [0.717, 1.165) is 140 Å². The molecule has 18 bridgehead atoms. The summed E-state index contributed by atoms with van der Waals surface area (Å²) in [6, 6.07) is 0. The Morgan fingerprint density at radius 3 is 0.738 bits per heavy atom. The summed E-state index contributed by atoms with van der Waals surface area (Å²) in [7, 11) is 0. The van der Waals surface area contributed by atoms with Gasteiger partial charge >= 0.3 is 0 Å². The zero-order valence-corrected chi connectivity index (χ0v) is 80.1. The average Bonchev–Trinajstić information content (AvgIpc) is 1.48. The maximum atomic E-state index is 2.58. The SMILES string of the molecule is CC(C)C12CC3(C)CC1CC(C)(C3)C2.CC(C)C12CC3CC(C)(CC(C)(C3)C1)C2.CC1CC2(C)CC(C(C)C)CC(C)(C1)C2.CC1CC2(C)CC(C)(C1)CC(C)(C(C)C)C2.CC1CC2(C)CC(C)CC(C(C)C)(C1)C2.CC1CC2(C)CC(C)CC(C)(C1)C2C(C)C.CC1CC2(C)CC(C)CC(C)(C1)C2C(C)C. The molecule has 0 aromatic heterocycles. The standard InChI is InChI=1S/3C16H30.C15H26.2C15H28.C14H24/c1-12(2)16(6)10-14(4)7-13(3)8-15(5,9-14)11-16;2*1-11(2)14-15(5)7-12(3)8-16(14,6)10-13(4)9-15;1-11(2)15-7-12-5-13(3,9-15)8-14(4,6-12)10-15;1-11(2)15-8-12(3)6-14(5,10-15)7-13(4)9-15;1-11(2)13-8-14(4)6-12(3)7-15(5,9-13)10-14;1-10(2)14-8-12(3)5-11(14)6-13(4,7-12)9-14/h12-13H,7-11H2,1-6H3;2*11-14H,7-10H2,1-6H3;11-12H,5-10H2,1-4H3;2*11-13H,6-10H2,1-5H3;10-11H,5-9H2,1-4H3. The Hall–Kier alpha value is 0. The number of hydrogen-bond donors (Lipinski definition) is 0. The molecule has 10 unspecified atom stereocenters. The highest BCUT2D eigenvalue weighted by atomic mass is 14.7. The van der Waals surface area contributed by atoms with Crippen molar-refractivity contribution in [1.82, 2.24) is 0 Å². The fraction of sp³-hybridized carbons (Fsp3) is 1.00. The summed E-state index contributed by atoms with van der Waals surface area (Å²) in [5, 5.41) is 0. The van der Waals surface area contributed by atoms with E-state index in [1.54, 1.807) is 19.3 Å². The third kappa shape index (κ3) is 18.8.